The zero-order valence-corrected chi connectivity index (χ0v) is 17.5. The van der Waals surface area contributed by atoms with Gasteiger partial charge in [0.2, 0.25) is 0 Å². The van der Waals surface area contributed by atoms with Crippen molar-refractivity contribution < 1.29 is 23.8 Å². The lowest BCUT2D eigenvalue weighted by molar-refractivity contribution is -0.141. The van der Waals surface area contributed by atoms with Gasteiger partial charge in [-0.1, -0.05) is 26.2 Å². The number of aryl methyl sites for hydroxylation is 2. The molecule has 0 bridgehead atoms. The Morgan fingerprint density at radius 1 is 1.17 bits per heavy atom. The second-order valence-electron chi connectivity index (χ2n) is 7.29. The maximum absolute atomic E-state index is 12.5. The summed E-state index contributed by atoms with van der Waals surface area (Å²) < 4.78 is 11.1. The van der Waals surface area contributed by atoms with E-state index in [0.717, 1.165) is 36.6 Å². The maximum atomic E-state index is 12.5. The molecule has 1 amide bonds. The lowest BCUT2D eigenvalue weighted by Gasteiger charge is -2.14. The Balaban J connectivity index is 2.19. The van der Waals surface area contributed by atoms with Gasteiger partial charge in [-0.2, -0.15) is 0 Å². The number of hydrogen-bond acceptors (Lipinski definition) is 5. The molecule has 0 aliphatic rings. The van der Waals surface area contributed by atoms with Gasteiger partial charge >= 0.3 is 11.6 Å². The molecule has 0 unspecified atom stereocenters. The molecule has 0 radical (unpaired) electrons. The van der Waals surface area contributed by atoms with Crippen LogP contribution in [0.2, 0.25) is 0 Å². The number of carboxylic acid groups (broad SMARTS) is 1. The Kier molecular flexibility index (Phi) is 7.82. The van der Waals surface area contributed by atoms with Crippen molar-refractivity contribution in [3.63, 3.8) is 0 Å². The fraction of sp³-hybridized carbons (Fsp3) is 0.500. The Morgan fingerprint density at radius 2 is 1.90 bits per heavy atom. The molecule has 2 aromatic rings. The third-order valence-corrected chi connectivity index (χ3v) is 5.04. The molecular formula is C22H29NO6. The van der Waals surface area contributed by atoms with E-state index in [1.807, 2.05) is 13.0 Å². The molecule has 29 heavy (non-hydrogen) atoms. The van der Waals surface area contributed by atoms with E-state index in [1.54, 1.807) is 13.0 Å². The zero-order chi connectivity index (χ0) is 21.6. The van der Waals surface area contributed by atoms with Crippen molar-refractivity contribution in [1.29, 1.82) is 0 Å². The Hall–Kier alpha value is -2.83. The topological polar surface area (TPSA) is 106 Å². The van der Waals surface area contributed by atoms with Crippen LogP contribution in [0.4, 0.5) is 0 Å². The number of benzene rings is 1. The van der Waals surface area contributed by atoms with Crippen LogP contribution in [0.3, 0.4) is 0 Å². The van der Waals surface area contributed by atoms with Crippen LogP contribution < -0.4 is 15.7 Å². The van der Waals surface area contributed by atoms with Crippen LogP contribution in [0.25, 0.3) is 11.0 Å². The standard InChI is InChI=1S/C22H29NO6/c1-5-6-7-8-9-17-13(2)16-10-11-18(14(3)20(16)29-22(17)27)28-12-19(24)23-15(4)21(25)26/h10-11,15H,5-9,12H2,1-4H3,(H,23,24)(H,25,26)/t15-/m0/s1. The van der Waals surface area contributed by atoms with Gasteiger partial charge in [-0.05, 0) is 51.3 Å². The summed E-state index contributed by atoms with van der Waals surface area (Å²) in [5.74, 6) is -1.25. The highest BCUT2D eigenvalue weighted by molar-refractivity contribution is 5.86. The molecule has 0 spiro atoms. The van der Waals surface area contributed by atoms with Gasteiger partial charge in [0.1, 0.15) is 17.4 Å². The summed E-state index contributed by atoms with van der Waals surface area (Å²) in [5, 5.41) is 12.0. The van der Waals surface area contributed by atoms with Crippen molar-refractivity contribution in [2.45, 2.75) is 65.8 Å². The normalized spacial score (nSPS) is 12.0. The number of carbonyl (C=O) groups is 2. The van der Waals surface area contributed by atoms with E-state index in [-0.39, 0.29) is 12.2 Å². The van der Waals surface area contributed by atoms with Crippen molar-refractivity contribution in [3.8, 4) is 5.75 Å². The molecule has 0 fully saturated rings. The molecule has 158 valence electrons. The van der Waals surface area contributed by atoms with Crippen molar-refractivity contribution in [1.82, 2.24) is 5.32 Å². The Labute approximate surface area is 170 Å². The van der Waals surface area contributed by atoms with E-state index >= 15 is 0 Å². The molecule has 2 N–H and O–H groups in total. The molecule has 0 aliphatic heterocycles. The number of hydrogen-bond donors (Lipinski definition) is 2. The number of aliphatic carboxylic acids is 1. The zero-order valence-electron chi connectivity index (χ0n) is 17.5. The predicted octanol–water partition coefficient (Wildman–Crippen LogP) is 3.50. The summed E-state index contributed by atoms with van der Waals surface area (Å²) in [7, 11) is 0. The smallest absolute Gasteiger partial charge is 0.339 e. The monoisotopic (exact) mass is 403 g/mol. The van der Waals surface area contributed by atoms with E-state index in [9.17, 15) is 14.4 Å². The van der Waals surface area contributed by atoms with Crippen molar-refractivity contribution in [2.75, 3.05) is 6.61 Å². The number of amides is 1. The highest BCUT2D eigenvalue weighted by Crippen LogP contribution is 2.29. The maximum Gasteiger partial charge on any atom is 0.339 e. The van der Waals surface area contributed by atoms with Crippen LogP contribution in [-0.2, 0) is 16.0 Å². The first-order valence-electron chi connectivity index (χ1n) is 9.97. The second kappa shape index (κ2) is 10.1. The SMILES string of the molecule is CCCCCCc1c(C)c2ccc(OCC(=O)N[C@@H](C)C(=O)O)c(C)c2oc1=O. The summed E-state index contributed by atoms with van der Waals surface area (Å²) in [6, 6.07) is 2.56. The molecule has 1 aromatic carbocycles. The Bertz CT molecular complexity index is 946. The van der Waals surface area contributed by atoms with Crippen LogP contribution in [0.5, 0.6) is 5.75 Å². The van der Waals surface area contributed by atoms with Gasteiger partial charge in [-0.25, -0.2) is 4.79 Å². The largest absolute Gasteiger partial charge is 0.483 e. The fourth-order valence-electron chi connectivity index (χ4n) is 3.23. The summed E-state index contributed by atoms with van der Waals surface area (Å²) in [6.45, 7) is 6.88. The Morgan fingerprint density at radius 3 is 2.55 bits per heavy atom. The average Bonchev–Trinajstić information content (AvgIpc) is 2.67. The number of fused-ring (bicyclic) bond motifs is 1. The van der Waals surface area contributed by atoms with E-state index in [1.165, 1.54) is 6.92 Å². The number of rotatable bonds is 10. The first kappa shape index (κ1) is 22.5. The third kappa shape index (κ3) is 5.59. The van der Waals surface area contributed by atoms with Crippen LogP contribution in [0.15, 0.2) is 21.3 Å². The molecular weight excluding hydrogens is 374 g/mol. The van der Waals surface area contributed by atoms with Gasteiger partial charge in [0.15, 0.2) is 6.61 Å². The van der Waals surface area contributed by atoms with Crippen LogP contribution in [0, 0.1) is 13.8 Å². The molecule has 7 heteroatoms. The van der Waals surface area contributed by atoms with Gasteiger partial charge in [-0.3, -0.25) is 9.59 Å². The predicted molar refractivity (Wildman–Crippen MR) is 111 cm³/mol. The van der Waals surface area contributed by atoms with E-state index in [2.05, 4.69) is 12.2 Å². The van der Waals surface area contributed by atoms with E-state index < -0.39 is 17.9 Å². The van der Waals surface area contributed by atoms with Gasteiger partial charge in [0.25, 0.3) is 5.91 Å². The molecule has 7 nitrogen and oxygen atoms in total. The number of nitrogens with one attached hydrogen (secondary N) is 1. The summed E-state index contributed by atoms with van der Waals surface area (Å²) in [4.78, 5) is 35.1. The fourth-order valence-corrected chi connectivity index (χ4v) is 3.23. The van der Waals surface area contributed by atoms with Gasteiger partial charge < -0.3 is 19.6 Å². The lowest BCUT2D eigenvalue weighted by atomic mass is 9.99. The van der Waals surface area contributed by atoms with E-state index in [0.29, 0.717) is 28.9 Å². The molecule has 1 atom stereocenters. The molecule has 2 rings (SSSR count). The number of carbonyl (C=O) groups excluding carboxylic acids is 1. The first-order valence-corrected chi connectivity index (χ1v) is 9.97. The number of carboxylic acids is 1. The molecule has 1 heterocycles. The average molecular weight is 403 g/mol. The minimum absolute atomic E-state index is 0.331. The minimum Gasteiger partial charge on any atom is -0.483 e. The number of unbranched alkanes of at least 4 members (excludes halogenated alkanes) is 3. The summed E-state index contributed by atoms with van der Waals surface area (Å²) in [6.07, 6.45) is 5.03. The van der Waals surface area contributed by atoms with Crippen LogP contribution in [-0.4, -0.2) is 29.6 Å². The number of ether oxygens (including phenoxy) is 1. The molecule has 0 saturated heterocycles. The highest BCUT2D eigenvalue weighted by atomic mass is 16.5. The van der Waals surface area contributed by atoms with Crippen molar-refractivity contribution in [2.24, 2.45) is 0 Å². The molecule has 0 aliphatic carbocycles. The van der Waals surface area contributed by atoms with Crippen LogP contribution >= 0.6 is 0 Å². The van der Waals surface area contributed by atoms with Crippen molar-refractivity contribution in [3.05, 3.63) is 39.2 Å². The molecule has 1 aromatic heterocycles. The quantitative estimate of drug-likeness (QED) is 0.465. The lowest BCUT2D eigenvalue weighted by Crippen LogP contribution is -2.40. The highest BCUT2D eigenvalue weighted by Gasteiger charge is 2.17. The van der Waals surface area contributed by atoms with E-state index in [4.69, 9.17) is 14.3 Å². The summed E-state index contributed by atoms with van der Waals surface area (Å²) >= 11 is 0. The van der Waals surface area contributed by atoms with Gasteiger partial charge in [0.05, 0.1) is 0 Å². The van der Waals surface area contributed by atoms with Gasteiger partial charge in [0, 0.05) is 16.5 Å². The van der Waals surface area contributed by atoms with Gasteiger partial charge in [-0.15, -0.1) is 0 Å². The summed E-state index contributed by atoms with van der Waals surface area (Å²) in [5.41, 5.74) is 2.36. The molecule has 0 saturated carbocycles. The first-order chi connectivity index (χ1) is 13.8. The minimum atomic E-state index is -1.12. The third-order valence-electron chi connectivity index (χ3n) is 5.04. The van der Waals surface area contributed by atoms with Crippen molar-refractivity contribution >= 4 is 22.8 Å². The second-order valence-corrected chi connectivity index (χ2v) is 7.29. The van der Waals surface area contributed by atoms with Crippen LogP contribution in [0.1, 0.15) is 56.2 Å².